The van der Waals surface area contributed by atoms with Crippen molar-refractivity contribution in [3.05, 3.63) is 29.3 Å². The molecule has 0 aliphatic rings. The van der Waals surface area contributed by atoms with Crippen molar-refractivity contribution in [2.24, 2.45) is 5.73 Å². The van der Waals surface area contributed by atoms with E-state index < -0.39 is 18.1 Å². The van der Waals surface area contributed by atoms with Crippen molar-refractivity contribution < 1.29 is 15.0 Å². The molecule has 1 aromatic carbocycles. The largest absolute Gasteiger partial charge is 0.398 e. The number of anilines is 1. The average Bonchev–Trinajstić information content (AvgIpc) is 2.19. The number of hydrogen-bond donors (Lipinski definition) is 4. The lowest BCUT2D eigenvalue weighted by atomic mass is 9.98. The van der Waals surface area contributed by atoms with Crippen molar-refractivity contribution in [2.45, 2.75) is 25.6 Å². The lowest BCUT2D eigenvalue weighted by molar-refractivity contribution is -0.121. The Kier molecular flexibility index (Phi) is 3.87. The van der Waals surface area contributed by atoms with Crippen LogP contribution < -0.4 is 11.5 Å². The highest BCUT2D eigenvalue weighted by molar-refractivity contribution is 5.74. The van der Waals surface area contributed by atoms with E-state index in [4.69, 9.17) is 11.5 Å². The van der Waals surface area contributed by atoms with E-state index in [1.54, 1.807) is 18.2 Å². The fraction of sp³-hybridized carbons (Fsp3) is 0.364. The summed E-state index contributed by atoms with van der Waals surface area (Å²) >= 11 is 0. The van der Waals surface area contributed by atoms with Gasteiger partial charge in [0.25, 0.3) is 0 Å². The smallest absolute Gasteiger partial charge is 0.220 e. The van der Waals surface area contributed by atoms with Crippen molar-refractivity contribution in [3.8, 4) is 0 Å². The Balaban J connectivity index is 2.90. The van der Waals surface area contributed by atoms with Crippen LogP contribution in [0.1, 0.15) is 23.7 Å². The van der Waals surface area contributed by atoms with Crippen LogP contribution in [0.15, 0.2) is 18.2 Å². The standard InChI is InChI=1S/C11H16N2O3/c1-6-2-3-8(12)7(4-6)11(16)9(14)5-10(13)15/h2-4,9,11,14,16H,5,12H2,1H3,(H2,13,15). The number of amides is 1. The molecule has 0 fully saturated rings. The van der Waals surface area contributed by atoms with E-state index in [-0.39, 0.29) is 6.42 Å². The third kappa shape index (κ3) is 2.95. The van der Waals surface area contributed by atoms with Crippen LogP contribution in [-0.2, 0) is 4.79 Å². The Morgan fingerprint density at radius 3 is 2.62 bits per heavy atom. The van der Waals surface area contributed by atoms with Crippen molar-refractivity contribution in [2.75, 3.05) is 5.73 Å². The van der Waals surface area contributed by atoms with Gasteiger partial charge in [0.05, 0.1) is 12.5 Å². The minimum absolute atomic E-state index is 0.297. The minimum atomic E-state index is -1.23. The fourth-order valence-corrected chi connectivity index (χ4v) is 1.48. The highest BCUT2D eigenvalue weighted by Crippen LogP contribution is 2.25. The molecule has 1 rings (SSSR count). The summed E-state index contributed by atoms with van der Waals surface area (Å²) in [7, 11) is 0. The number of aliphatic hydroxyl groups excluding tert-OH is 2. The maximum absolute atomic E-state index is 10.6. The molecule has 1 aromatic rings. The summed E-state index contributed by atoms with van der Waals surface area (Å²) in [5, 5.41) is 19.4. The number of aryl methyl sites for hydroxylation is 1. The van der Waals surface area contributed by atoms with Crippen LogP contribution in [0.25, 0.3) is 0 Å². The molecule has 0 aliphatic carbocycles. The van der Waals surface area contributed by atoms with Gasteiger partial charge in [-0.15, -0.1) is 0 Å². The summed E-state index contributed by atoms with van der Waals surface area (Å²) in [6.45, 7) is 1.84. The molecule has 0 heterocycles. The number of hydrogen-bond acceptors (Lipinski definition) is 4. The third-order valence-electron chi connectivity index (χ3n) is 2.34. The van der Waals surface area contributed by atoms with Gasteiger partial charge in [-0.25, -0.2) is 0 Å². The maximum atomic E-state index is 10.6. The quantitative estimate of drug-likeness (QED) is 0.533. The van der Waals surface area contributed by atoms with E-state index >= 15 is 0 Å². The van der Waals surface area contributed by atoms with Crippen molar-refractivity contribution in [1.29, 1.82) is 0 Å². The molecule has 0 radical (unpaired) electrons. The molecule has 0 aliphatic heterocycles. The van der Waals surface area contributed by atoms with E-state index in [1.807, 2.05) is 6.92 Å². The second-order valence-corrected chi connectivity index (χ2v) is 3.81. The van der Waals surface area contributed by atoms with Crippen molar-refractivity contribution >= 4 is 11.6 Å². The molecule has 0 saturated carbocycles. The molecule has 6 N–H and O–H groups in total. The zero-order valence-corrected chi connectivity index (χ0v) is 9.05. The average molecular weight is 224 g/mol. The van der Waals surface area contributed by atoms with Gasteiger partial charge < -0.3 is 21.7 Å². The summed E-state index contributed by atoms with van der Waals surface area (Å²) < 4.78 is 0. The topological polar surface area (TPSA) is 110 Å². The highest BCUT2D eigenvalue weighted by Gasteiger charge is 2.22. The first-order chi connectivity index (χ1) is 7.41. The Morgan fingerprint density at radius 2 is 2.06 bits per heavy atom. The summed E-state index contributed by atoms with van der Waals surface area (Å²) in [6, 6.07) is 5.11. The maximum Gasteiger partial charge on any atom is 0.220 e. The number of primary amides is 1. The molecule has 2 atom stereocenters. The highest BCUT2D eigenvalue weighted by atomic mass is 16.3. The number of rotatable bonds is 4. The summed E-state index contributed by atoms with van der Waals surface area (Å²) in [6.07, 6.45) is -2.73. The number of benzene rings is 1. The molecule has 0 aromatic heterocycles. The third-order valence-corrected chi connectivity index (χ3v) is 2.34. The molecule has 0 saturated heterocycles. The van der Waals surface area contributed by atoms with E-state index in [0.29, 0.717) is 11.3 Å². The van der Waals surface area contributed by atoms with Crippen LogP contribution in [0, 0.1) is 6.92 Å². The molecule has 16 heavy (non-hydrogen) atoms. The second-order valence-electron chi connectivity index (χ2n) is 3.81. The molecule has 0 spiro atoms. The summed E-state index contributed by atoms with van der Waals surface area (Å²) in [5.74, 6) is -0.669. The van der Waals surface area contributed by atoms with Gasteiger partial charge >= 0.3 is 0 Å². The molecule has 5 nitrogen and oxygen atoms in total. The zero-order valence-electron chi connectivity index (χ0n) is 9.05. The lowest BCUT2D eigenvalue weighted by Crippen LogP contribution is -2.26. The molecule has 2 unspecified atom stereocenters. The Bertz CT molecular complexity index is 393. The minimum Gasteiger partial charge on any atom is -0.398 e. The predicted molar refractivity (Wildman–Crippen MR) is 60.4 cm³/mol. The van der Waals surface area contributed by atoms with Gasteiger partial charge in [0.15, 0.2) is 0 Å². The van der Waals surface area contributed by atoms with Crippen LogP contribution in [0.2, 0.25) is 0 Å². The first kappa shape index (κ1) is 12.5. The van der Waals surface area contributed by atoms with Crippen molar-refractivity contribution in [3.63, 3.8) is 0 Å². The Labute approximate surface area is 93.7 Å². The van der Waals surface area contributed by atoms with Crippen LogP contribution in [0.4, 0.5) is 5.69 Å². The van der Waals surface area contributed by atoms with Gasteiger partial charge in [-0.2, -0.15) is 0 Å². The van der Waals surface area contributed by atoms with E-state index in [9.17, 15) is 15.0 Å². The van der Waals surface area contributed by atoms with Gasteiger partial charge in [-0.1, -0.05) is 17.7 Å². The molecular weight excluding hydrogens is 208 g/mol. The number of nitrogens with two attached hydrogens (primary N) is 2. The number of carbonyl (C=O) groups is 1. The molecule has 1 amide bonds. The van der Waals surface area contributed by atoms with Crippen LogP contribution in [0.3, 0.4) is 0 Å². The Morgan fingerprint density at radius 1 is 1.44 bits per heavy atom. The first-order valence-electron chi connectivity index (χ1n) is 4.92. The van der Waals surface area contributed by atoms with Crippen LogP contribution >= 0.6 is 0 Å². The van der Waals surface area contributed by atoms with Crippen LogP contribution in [-0.4, -0.2) is 22.2 Å². The summed E-state index contributed by atoms with van der Waals surface area (Å²) in [5.41, 5.74) is 12.3. The molecule has 88 valence electrons. The molecule has 0 bridgehead atoms. The fourth-order valence-electron chi connectivity index (χ4n) is 1.48. The SMILES string of the molecule is Cc1ccc(N)c(C(O)C(O)CC(N)=O)c1. The van der Waals surface area contributed by atoms with E-state index in [0.717, 1.165) is 5.56 Å². The lowest BCUT2D eigenvalue weighted by Gasteiger charge is -2.18. The van der Waals surface area contributed by atoms with Gasteiger partial charge in [0.1, 0.15) is 6.10 Å². The molecule has 5 heteroatoms. The normalized spacial score (nSPS) is 14.4. The molecular formula is C11H16N2O3. The second kappa shape index (κ2) is 4.96. The number of carbonyl (C=O) groups excluding carboxylic acids is 1. The first-order valence-corrected chi connectivity index (χ1v) is 4.92. The van der Waals surface area contributed by atoms with Crippen molar-refractivity contribution in [1.82, 2.24) is 0 Å². The van der Waals surface area contributed by atoms with Gasteiger partial charge in [-0.05, 0) is 13.0 Å². The number of aliphatic hydroxyl groups is 2. The van der Waals surface area contributed by atoms with Gasteiger partial charge in [-0.3, -0.25) is 4.79 Å². The predicted octanol–water partition coefficient (Wildman–Crippen LogP) is -0.153. The van der Waals surface area contributed by atoms with E-state index in [2.05, 4.69) is 0 Å². The van der Waals surface area contributed by atoms with Gasteiger partial charge in [0.2, 0.25) is 5.91 Å². The Hall–Kier alpha value is -1.59. The van der Waals surface area contributed by atoms with E-state index in [1.165, 1.54) is 0 Å². The zero-order chi connectivity index (χ0) is 12.3. The number of nitrogen functional groups attached to an aromatic ring is 1. The van der Waals surface area contributed by atoms with Gasteiger partial charge in [0, 0.05) is 11.3 Å². The monoisotopic (exact) mass is 224 g/mol. The summed E-state index contributed by atoms with van der Waals surface area (Å²) in [4.78, 5) is 10.6. The van der Waals surface area contributed by atoms with Crippen LogP contribution in [0.5, 0.6) is 0 Å².